The largest absolute Gasteiger partial charge is 0.458 e. The molecule has 0 saturated carbocycles. The summed E-state index contributed by atoms with van der Waals surface area (Å²) in [7, 11) is 0. The van der Waals surface area contributed by atoms with Crippen molar-refractivity contribution < 1.29 is 19.1 Å². The van der Waals surface area contributed by atoms with Gasteiger partial charge in [0.2, 0.25) is 0 Å². The van der Waals surface area contributed by atoms with Crippen molar-refractivity contribution >= 4 is 12.1 Å². The number of amides is 1. The Bertz CT molecular complexity index is 808. The molecule has 1 N–H and O–H groups in total. The molecule has 1 aliphatic carbocycles. The Hall–Kier alpha value is -2.82. The van der Waals surface area contributed by atoms with E-state index in [-0.39, 0.29) is 12.5 Å². The fourth-order valence-corrected chi connectivity index (χ4v) is 3.27. The molecule has 0 aromatic heterocycles. The maximum Gasteiger partial charge on any atom is 0.407 e. The topological polar surface area (TPSA) is 64.6 Å². The van der Waals surface area contributed by atoms with Gasteiger partial charge in [-0.2, -0.15) is 0 Å². The van der Waals surface area contributed by atoms with Crippen molar-refractivity contribution in [2.75, 3.05) is 6.61 Å². The molecule has 0 saturated heterocycles. The number of benzene rings is 2. The van der Waals surface area contributed by atoms with Crippen LogP contribution in [0.2, 0.25) is 0 Å². The first-order valence-electron chi connectivity index (χ1n) is 9.10. The van der Waals surface area contributed by atoms with Crippen LogP contribution in [0.4, 0.5) is 4.79 Å². The molecule has 0 heterocycles. The van der Waals surface area contributed by atoms with Gasteiger partial charge in [-0.3, -0.25) is 0 Å². The zero-order valence-electron chi connectivity index (χ0n) is 16.1. The van der Waals surface area contributed by atoms with Crippen LogP contribution in [0.15, 0.2) is 48.5 Å². The van der Waals surface area contributed by atoms with Gasteiger partial charge in [0.15, 0.2) is 0 Å². The van der Waals surface area contributed by atoms with E-state index in [9.17, 15) is 9.59 Å². The minimum atomic E-state index is -0.778. The van der Waals surface area contributed by atoms with E-state index in [1.54, 1.807) is 27.7 Å². The molecule has 2 aromatic carbocycles. The van der Waals surface area contributed by atoms with Gasteiger partial charge < -0.3 is 14.8 Å². The maximum absolute atomic E-state index is 12.2. The molecule has 0 bridgehead atoms. The lowest BCUT2D eigenvalue weighted by molar-refractivity contribution is -0.156. The summed E-state index contributed by atoms with van der Waals surface area (Å²) in [4.78, 5) is 24.2. The molecule has 1 atom stereocenters. The van der Waals surface area contributed by atoms with Crippen LogP contribution in [0.3, 0.4) is 0 Å². The van der Waals surface area contributed by atoms with Crippen LogP contribution in [0.5, 0.6) is 0 Å². The summed E-state index contributed by atoms with van der Waals surface area (Å²) in [6.45, 7) is 7.14. The van der Waals surface area contributed by atoms with E-state index in [1.165, 1.54) is 11.1 Å². The highest BCUT2D eigenvalue weighted by Gasteiger charge is 2.29. The molecule has 5 heteroatoms. The summed E-state index contributed by atoms with van der Waals surface area (Å²) >= 11 is 0. The van der Waals surface area contributed by atoms with Gasteiger partial charge >= 0.3 is 12.1 Å². The smallest absolute Gasteiger partial charge is 0.407 e. The molecular formula is C22H25NO4. The van der Waals surface area contributed by atoms with Crippen molar-refractivity contribution in [1.82, 2.24) is 5.32 Å². The van der Waals surface area contributed by atoms with Crippen molar-refractivity contribution in [3.63, 3.8) is 0 Å². The van der Waals surface area contributed by atoms with E-state index in [0.717, 1.165) is 11.1 Å². The van der Waals surface area contributed by atoms with E-state index in [0.29, 0.717) is 0 Å². The zero-order chi connectivity index (χ0) is 19.6. The average molecular weight is 367 g/mol. The Morgan fingerprint density at radius 3 is 2.04 bits per heavy atom. The van der Waals surface area contributed by atoms with Crippen LogP contribution in [0, 0.1) is 0 Å². The predicted molar refractivity (Wildman–Crippen MR) is 104 cm³/mol. The maximum atomic E-state index is 12.2. The molecule has 5 nitrogen and oxygen atoms in total. The lowest BCUT2D eigenvalue weighted by Gasteiger charge is -2.22. The Labute approximate surface area is 159 Å². The first kappa shape index (κ1) is 19.0. The number of hydrogen-bond donors (Lipinski definition) is 1. The van der Waals surface area contributed by atoms with Gasteiger partial charge in [-0.05, 0) is 49.9 Å². The fourth-order valence-electron chi connectivity index (χ4n) is 3.27. The van der Waals surface area contributed by atoms with Gasteiger partial charge in [0.05, 0.1) is 0 Å². The number of ether oxygens (including phenoxy) is 2. The number of carbonyl (C=O) groups excluding carboxylic acids is 2. The predicted octanol–water partition coefficient (Wildman–Crippen LogP) is 4.26. The van der Waals surface area contributed by atoms with E-state index in [1.807, 2.05) is 24.3 Å². The van der Waals surface area contributed by atoms with Gasteiger partial charge in [0.1, 0.15) is 18.2 Å². The number of esters is 1. The third-order valence-corrected chi connectivity index (χ3v) is 4.44. The van der Waals surface area contributed by atoms with Crippen LogP contribution < -0.4 is 5.32 Å². The highest BCUT2D eigenvalue weighted by molar-refractivity contribution is 5.81. The quantitative estimate of drug-likeness (QED) is 0.820. The first-order chi connectivity index (χ1) is 12.8. The number of fused-ring (bicyclic) bond motifs is 3. The molecule has 27 heavy (non-hydrogen) atoms. The van der Waals surface area contributed by atoms with Gasteiger partial charge in [-0.15, -0.1) is 0 Å². The summed E-state index contributed by atoms with van der Waals surface area (Å²) in [5, 5.41) is 2.54. The Kier molecular flexibility index (Phi) is 5.22. The van der Waals surface area contributed by atoms with Crippen LogP contribution in [-0.4, -0.2) is 30.3 Å². The summed E-state index contributed by atoms with van der Waals surface area (Å²) in [5.74, 6) is -0.504. The second-order valence-corrected chi connectivity index (χ2v) is 7.73. The van der Waals surface area contributed by atoms with E-state index >= 15 is 0 Å². The normalized spacial score (nSPS) is 14.1. The van der Waals surface area contributed by atoms with E-state index in [4.69, 9.17) is 9.47 Å². The van der Waals surface area contributed by atoms with Crippen LogP contribution in [0.1, 0.15) is 44.7 Å². The molecule has 0 aliphatic heterocycles. The van der Waals surface area contributed by atoms with Gasteiger partial charge in [-0.25, -0.2) is 9.59 Å². The number of alkyl carbamates (subject to hydrolysis) is 1. The highest BCUT2D eigenvalue weighted by Crippen LogP contribution is 2.44. The summed E-state index contributed by atoms with van der Waals surface area (Å²) < 4.78 is 10.7. The molecule has 1 amide bonds. The highest BCUT2D eigenvalue weighted by atomic mass is 16.6. The standard InChI is InChI=1S/C22H25NO4/c1-14(20(24)27-22(2,3)4)23-21(25)26-13-19-17-11-7-5-9-15(17)16-10-6-8-12-18(16)19/h5-12,14,19H,13H2,1-4H3,(H,23,25)/t14-/m1/s1. The van der Waals surface area contributed by atoms with Gasteiger partial charge in [-0.1, -0.05) is 48.5 Å². The van der Waals surface area contributed by atoms with Crippen molar-refractivity contribution in [3.8, 4) is 11.1 Å². The molecular weight excluding hydrogens is 342 g/mol. The summed E-state index contributed by atoms with van der Waals surface area (Å²) in [6.07, 6.45) is -0.629. The summed E-state index contributed by atoms with van der Waals surface area (Å²) in [6, 6.07) is 15.5. The lowest BCUT2D eigenvalue weighted by Crippen LogP contribution is -2.42. The van der Waals surface area contributed by atoms with Crippen molar-refractivity contribution in [1.29, 1.82) is 0 Å². The van der Waals surface area contributed by atoms with E-state index < -0.39 is 23.7 Å². The Morgan fingerprint density at radius 1 is 1.00 bits per heavy atom. The Morgan fingerprint density at radius 2 is 1.52 bits per heavy atom. The number of carbonyl (C=O) groups is 2. The van der Waals surface area contributed by atoms with Crippen LogP contribution in [-0.2, 0) is 14.3 Å². The van der Waals surface area contributed by atoms with Gasteiger partial charge in [0.25, 0.3) is 0 Å². The van der Waals surface area contributed by atoms with Crippen molar-refractivity contribution in [3.05, 3.63) is 59.7 Å². The van der Waals surface area contributed by atoms with Crippen molar-refractivity contribution in [2.24, 2.45) is 0 Å². The minimum Gasteiger partial charge on any atom is -0.458 e. The van der Waals surface area contributed by atoms with Crippen molar-refractivity contribution in [2.45, 2.75) is 45.3 Å². The number of hydrogen-bond acceptors (Lipinski definition) is 4. The second-order valence-electron chi connectivity index (χ2n) is 7.73. The summed E-state index contributed by atoms with van der Waals surface area (Å²) in [5.41, 5.74) is 4.03. The second kappa shape index (κ2) is 7.43. The molecule has 0 fully saturated rings. The molecule has 2 aromatic rings. The van der Waals surface area contributed by atoms with Gasteiger partial charge in [0, 0.05) is 5.92 Å². The number of rotatable bonds is 4. The fraction of sp³-hybridized carbons (Fsp3) is 0.364. The van der Waals surface area contributed by atoms with Crippen LogP contribution in [0.25, 0.3) is 11.1 Å². The third kappa shape index (κ3) is 4.30. The SMILES string of the molecule is C[C@@H](NC(=O)OCC1c2ccccc2-c2ccccc21)C(=O)OC(C)(C)C. The molecule has 3 rings (SSSR count). The molecule has 142 valence electrons. The lowest BCUT2D eigenvalue weighted by atomic mass is 9.98. The molecule has 0 unspecified atom stereocenters. The third-order valence-electron chi connectivity index (χ3n) is 4.44. The molecule has 0 spiro atoms. The average Bonchev–Trinajstić information content (AvgIpc) is 2.92. The van der Waals surface area contributed by atoms with E-state index in [2.05, 4.69) is 29.6 Å². The van der Waals surface area contributed by atoms with Crippen LogP contribution >= 0.6 is 0 Å². The Balaban J connectivity index is 1.63. The molecule has 1 aliphatic rings. The molecule has 0 radical (unpaired) electrons. The minimum absolute atomic E-state index is 0.0139. The zero-order valence-corrected chi connectivity index (χ0v) is 16.1. The number of nitrogens with one attached hydrogen (secondary N) is 1. The monoisotopic (exact) mass is 367 g/mol. The first-order valence-corrected chi connectivity index (χ1v) is 9.10.